The fourth-order valence-corrected chi connectivity index (χ4v) is 4.19. The van der Waals surface area contributed by atoms with E-state index in [-0.39, 0.29) is 11.9 Å². The number of hydrogen-bond donors (Lipinski definition) is 1. The zero-order valence-corrected chi connectivity index (χ0v) is 17.7. The van der Waals surface area contributed by atoms with Crippen molar-refractivity contribution in [1.29, 1.82) is 0 Å². The lowest BCUT2D eigenvalue weighted by molar-refractivity contribution is -0.129. The summed E-state index contributed by atoms with van der Waals surface area (Å²) in [5.41, 5.74) is 3.01. The molecule has 0 bridgehead atoms. The second kappa shape index (κ2) is 7.86. The maximum Gasteiger partial charge on any atom is 0.219 e. The topological polar surface area (TPSA) is 78.7 Å². The van der Waals surface area contributed by atoms with Gasteiger partial charge in [0.25, 0.3) is 0 Å². The van der Waals surface area contributed by atoms with Gasteiger partial charge in [-0.3, -0.25) is 4.79 Å². The molecular weight excluding hydrogens is 390 g/mol. The highest BCUT2D eigenvalue weighted by Crippen LogP contribution is 2.31. The number of piperazine rings is 1. The number of fused-ring (bicyclic) bond motifs is 2. The van der Waals surface area contributed by atoms with Crippen molar-refractivity contribution >= 4 is 34.0 Å². The van der Waals surface area contributed by atoms with E-state index in [9.17, 15) is 4.79 Å². The van der Waals surface area contributed by atoms with Crippen LogP contribution in [0.2, 0.25) is 0 Å². The molecule has 158 valence electrons. The van der Waals surface area contributed by atoms with Crippen LogP contribution >= 0.6 is 0 Å². The first-order valence-corrected chi connectivity index (χ1v) is 10.6. The Morgan fingerprint density at radius 2 is 1.90 bits per heavy atom. The largest absolute Gasteiger partial charge is 0.362 e. The van der Waals surface area contributed by atoms with Crippen molar-refractivity contribution in [2.24, 2.45) is 0 Å². The summed E-state index contributed by atoms with van der Waals surface area (Å²) in [5, 5.41) is 8.91. The number of rotatable bonds is 4. The monoisotopic (exact) mass is 415 g/mol. The van der Waals surface area contributed by atoms with E-state index < -0.39 is 0 Å². The summed E-state index contributed by atoms with van der Waals surface area (Å²) in [6.45, 7) is 6.71. The number of amides is 1. The number of carbonyl (C=O) groups excluding carboxylic acids is 1. The van der Waals surface area contributed by atoms with Crippen LogP contribution in [-0.4, -0.2) is 56.6 Å². The van der Waals surface area contributed by atoms with Crippen LogP contribution in [0.4, 0.5) is 11.6 Å². The van der Waals surface area contributed by atoms with Gasteiger partial charge in [-0.05, 0) is 31.2 Å². The molecule has 1 amide bonds. The summed E-state index contributed by atoms with van der Waals surface area (Å²) in [6, 6.07) is 14.3. The van der Waals surface area contributed by atoms with Crippen LogP contribution in [0.5, 0.6) is 0 Å². The molecule has 1 aromatic carbocycles. The van der Waals surface area contributed by atoms with Gasteiger partial charge in [-0.25, -0.2) is 14.5 Å². The minimum Gasteiger partial charge on any atom is -0.362 e. The number of para-hydroxylation sites is 1. The zero-order valence-electron chi connectivity index (χ0n) is 17.7. The molecule has 1 N–H and O–H groups in total. The molecule has 8 nitrogen and oxygen atoms in total. The third-order valence-electron chi connectivity index (χ3n) is 5.91. The van der Waals surface area contributed by atoms with E-state index >= 15 is 0 Å². The summed E-state index contributed by atoms with van der Waals surface area (Å²) in [5.74, 6) is 1.87. The number of aromatic nitrogens is 4. The first-order chi connectivity index (χ1) is 15.1. The van der Waals surface area contributed by atoms with Crippen LogP contribution in [0.15, 0.2) is 55.0 Å². The molecule has 0 saturated carbocycles. The smallest absolute Gasteiger partial charge is 0.219 e. The number of nitrogens with zero attached hydrogens (tertiary/aromatic N) is 6. The Morgan fingerprint density at radius 3 is 2.71 bits per heavy atom. The predicted octanol–water partition coefficient (Wildman–Crippen LogP) is 3.12. The lowest BCUT2D eigenvalue weighted by atomic mass is 10.0. The van der Waals surface area contributed by atoms with E-state index in [0.717, 1.165) is 46.7 Å². The molecular formula is C23H25N7O. The van der Waals surface area contributed by atoms with Crippen molar-refractivity contribution in [2.75, 3.05) is 36.4 Å². The molecule has 0 aliphatic carbocycles. The fraction of sp³-hybridized carbons (Fsp3) is 0.304. The molecule has 0 radical (unpaired) electrons. The molecule has 1 aliphatic rings. The van der Waals surface area contributed by atoms with Crippen LogP contribution in [0.3, 0.4) is 0 Å². The van der Waals surface area contributed by atoms with E-state index in [4.69, 9.17) is 4.98 Å². The summed E-state index contributed by atoms with van der Waals surface area (Å²) < 4.78 is 1.81. The Morgan fingerprint density at radius 1 is 1.10 bits per heavy atom. The van der Waals surface area contributed by atoms with Crippen LogP contribution < -0.4 is 10.2 Å². The number of anilines is 2. The second-order valence-electron chi connectivity index (χ2n) is 7.90. The molecule has 31 heavy (non-hydrogen) atoms. The number of carbonyl (C=O) groups is 1. The number of benzene rings is 1. The van der Waals surface area contributed by atoms with Gasteiger partial charge in [-0.1, -0.05) is 18.2 Å². The highest BCUT2D eigenvalue weighted by atomic mass is 16.2. The van der Waals surface area contributed by atoms with Crippen molar-refractivity contribution in [3.63, 3.8) is 0 Å². The molecule has 1 atom stereocenters. The van der Waals surface area contributed by atoms with E-state index in [0.29, 0.717) is 13.1 Å². The van der Waals surface area contributed by atoms with Gasteiger partial charge in [-0.2, -0.15) is 5.10 Å². The quantitative estimate of drug-likeness (QED) is 0.552. The Labute approximate surface area is 180 Å². The standard InChI is InChI=1S/C23H25N7O/c1-16(26-22-21-8-5-9-30(21)25-15-24-22)19-14-18-6-3-4-7-20(18)27-23(19)29-12-10-28(11-13-29)17(2)31/h3-9,14-16H,10-13H2,1-2H3,(H,24,25,26)/t16-/m0/s1. The number of nitrogens with one attached hydrogen (secondary N) is 1. The highest BCUT2D eigenvalue weighted by molar-refractivity contribution is 5.82. The normalized spacial score (nSPS) is 15.4. The molecule has 1 saturated heterocycles. The SMILES string of the molecule is CC(=O)N1CCN(c2nc3ccccc3cc2[C@H](C)Nc2ncnn3cccc23)CC1. The molecule has 5 rings (SSSR count). The minimum atomic E-state index is -0.0217. The second-order valence-corrected chi connectivity index (χ2v) is 7.90. The van der Waals surface area contributed by atoms with Crippen LogP contribution in [0, 0.1) is 0 Å². The van der Waals surface area contributed by atoms with E-state index in [1.54, 1.807) is 13.3 Å². The van der Waals surface area contributed by atoms with Gasteiger partial charge in [0.2, 0.25) is 5.91 Å². The average Bonchev–Trinajstić information content (AvgIpc) is 3.28. The third kappa shape index (κ3) is 3.65. The molecule has 0 unspecified atom stereocenters. The van der Waals surface area contributed by atoms with Crippen molar-refractivity contribution in [1.82, 2.24) is 24.5 Å². The Kier molecular flexibility index (Phi) is 4.89. The summed E-state index contributed by atoms with van der Waals surface area (Å²) in [4.78, 5) is 25.4. The maximum atomic E-state index is 11.7. The van der Waals surface area contributed by atoms with Crippen molar-refractivity contribution in [3.05, 3.63) is 60.6 Å². The van der Waals surface area contributed by atoms with Gasteiger partial charge in [-0.15, -0.1) is 0 Å². The Balaban J connectivity index is 1.51. The predicted molar refractivity (Wildman–Crippen MR) is 121 cm³/mol. The molecule has 4 aromatic rings. The Hall–Kier alpha value is -3.68. The summed E-state index contributed by atoms with van der Waals surface area (Å²) in [7, 11) is 0. The lowest BCUT2D eigenvalue weighted by Crippen LogP contribution is -2.48. The van der Waals surface area contributed by atoms with E-state index in [1.165, 1.54) is 0 Å². The number of hydrogen-bond acceptors (Lipinski definition) is 6. The summed E-state index contributed by atoms with van der Waals surface area (Å²) >= 11 is 0. The van der Waals surface area contributed by atoms with Gasteiger partial charge in [0.15, 0.2) is 5.82 Å². The number of pyridine rings is 1. The molecule has 0 spiro atoms. The van der Waals surface area contributed by atoms with Crippen molar-refractivity contribution in [2.45, 2.75) is 19.9 Å². The molecule has 8 heteroatoms. The fourth-order valence-electron chi connectivity index (χ4n) is 4.19. The minimum absolute atomic E-state index is 0.0217. The van der Waals surface area contributed by atoms with Gasteiger partial charge < -0.3 is 15.1 Å². The molecule has 1 fully saturated rings. The van der Waals surface area contributed by atoms with Crippen LogP contribution in [-0.2, 0) is 4.79 Å². The van der Waals surface area contributed by atoms with Crippen LogP contribution in [0.1, 0.15) is 25.5 Å². The third-order valence-corrected chi connectivity index (χ3v) is 5.91. The van der Waals surface area contributed by atoms with E-state index in [2.05, 4.69) is 39.4 Å². The zero-order chi connectivity index (χ0) is 21.4. The lowest BCUT2D eigenvalue weighted by Gasteiger charge is -2.36. The molecule has 3 aromatic heterocycles. The van der Waals surface area contributed by atoms with Gasteiger partial charge >= 0.3 is 0 Å². The van der Waals surface area contributed by atoms with Crippen molar-refractivity contribution < 1.29 is 4.79 Å². The molecule has 1 aliphatic heterocycles. The van der Waals surface area contributed by atoms with E-state index in [1.807, 2.05) is 45.9 Å². The first-order valence-electron chi connectivity index (χ1n) is 10.6. The van der Waals surface area contributed by atoms with Gasteiger partial charge in [0.1, 0.15) is 17.7 Å². The van der Waals surface area contributed by atoms with Crippen LogP contribution in [0.25, 0.3) is 16.4 Å². The molecule has 4 heterocycles. The van der Waals surface area contributed by atoms with Gasteiger partial charge in [0, 0.05) is 50.2 Å². The average molecular weight is 416 g/mol. The van der Waals surface area contributed by atoms with Gasteiger partial charge in [0.05, 0.1) is 11.6 Å². The first kappa shape index (κ1) is 19.3. The van der Waals surface area contributed by atoms with Crippen molar-refractivity contribution in [3.8, 4) is 0 Å². The maximum absolute atomic E-state index is 11.7. The Bertz CT molecular complexity index is 1240. The summed E-state index contributed by atoms with van der Waals surface area (Å²) in [6.07, 6.45) is 3.47. The highest BCUT2D eigenvalue weighted by Gasteiger charge is 2.24.